The number of carbonyl (C=O) groups is 2. The third kappa shape index (κ3) is 3.64. The highest BCUT2D eigenvalue weighted by Crippen LogP contribution is 2.21. The van der Waals surface area contributed by atoms with Crippen molar-refractivity contribution < 1.29 is 14.0 Å². The van der Waals surface area contributed by atoms with Crippen LogP contribution in [-0.4, -0.2) is 42.9 Å². The Kier molecular flexibility index (Phi) is 5.01. The van der Waals surface area contributed by atoms with Crippen molar-refractivity contribution in [3.63, 3.8) is 0 Å². The smallest absolute Gasteiger partial charge is 0.257 e. The molecule has 1 fully saturated rings. The normalized spacial score (nSPS) is 18.6. The molecule has 6 heteroatoms. The van der Waals surface area contributed by atoms with E-state index >= 15 is 0 Å². The first-order chi connectivity index (χ1) is 10.0. The molecule has 1 aliphatic heterocycles. The molecule has 1 atom stereocenters. The number of furan rings is 1. The van der Waals surface area contributed by atoms with Crippen molar-refractivity contribution in [3.8, 4) is 0 Å². The van der Waals surface area contributed by atoms with Gasteiger partial charge in [-0.2, -0.15) is 0 Å². The van der Waals surface area contributed by atoms with Crippen molar-refractivity contribution in [1.29, 1.82) is 0 Å². The summed E-state index contributed by atoms with van der Waals surface area (Å²) in [4.78, 5) is 26.3. The lowest BCUT2D eigenvalue weighted by Crippen LogP contribution is -2.46. The van der Waals surface area contributed by atoms with Gasteiger partial charge >= 0.3 is 0 Å². The number of rotatable bonds is 4. The number of aryl methyl sites for hydroxylation is 2. The molecule has 1 aliphatic rings. The minimum atomic E-state index is -0.150. The van der Waals surface area contributed by atoms with Crippen LogP contribution in [0.15, 0.2) is 10.5 Å². The molecule has 0 aliphatic carbocycles. The van der Waals surface area contributed by atoms with Gasteiger partial charge in [-0.05, 0) is 32.8 Å². The van der Waals surface area contributed by atoms with Gasteiger partial charge in [0, 0.05) is 26.2 Å². The van der Waals surface area contributed by atoms with Crippen molar-refractivity contribution in [2.45, 2.75) is 26.7 Å². The summed E-state index contributed by atoms with van der Waals surface area (Å²) in [6.07, 6.45) is 1.64. The third-order valence-electron chi connectivity index (χ3n) is 3.79. The van der Waals surface area contributed by atoms with Gasteiger partial charge in [0.2, 0.25) is 5.91 Å². The first kappa shape index (κ1) is 15.6. The van der Waals surface area contributed by atoms with E-state index in [1.165, 1.54) is 0 Å². The molecule has 116 valence electrons. The van der Waals surface area contributed by atoms with Crippen LogP contribution in [0.25, 0.3) is 0 Å². The van der Waals surface area contributed by atoms with Crippen LogP contribution in [0.3, 0.4) is 0 Å². The number of piperidine rings is 1. The average molecular weight is 293 g/mol. The van der Waals surface area contributed by atoms with Crippen LogP contribution in [0, 0.1) is 19.8 Å². The highest BCUT2D eigenvalue weighted by atomic mass is 16.3. The van der Waals surface area contributed by atoms with E-state index in [2.05, 4.69) is 5.32 Å². The van der Waals surface area contributed by atoms with Crippen molar-refractivity contribution in [2.75, 3.05) is 26.2 Å². The molecule has 0 radical (unpaired) electrons. The van der Waals surface area contributed by atoms with E-state index in [-0.39, 0.29) is 17.7 Å². The van der Waals surface area contributed by atoms with E-state index in [4.69, 9.17) is 10.2 Å². The molecule has 0 spiro atoms. The van der Waals surface area contributed by atoms with E-state index in [1.54, 1.807) is 17.9 Å². The molecule has 1 saturated heterocycles. The average Bonchev–Trinajstić information content (AvgIpc) is 2.82. The molecule has 6 nitrogen and oxygen atoms in total. The standard InChI is InChI=1S/C15H23N3O3/c1-10-8-13(11(2)21-10)15(20)18-7-3-4-12(9-18)14(19)17-6-5-16/h8,12H,3-7,9,16H2,1-2H3,(H,17,19). The van der Waals surface area contributed by atoms with Crippen molar-refractivity contribution >= 4 is 11.8 Å². The second-order valence-electron chi connectivity index (χ2n) is 5.50. The molecule has 0 aromatic carbocycles. The van der Waals surface area contributed by atoms with Gasteiger partial charge in [-0.3, -0.25) is 9.59 Å². The van der Waals surface area contributed by atoms with Crippen molar-refractivity contribution in [2.24, 2.45) is 11.7 Å². The van der Waals surface area contributed by atoms with E-state index in [0.717, 1.165) is 18.6 Å². The SMILES string of the molecule is Cc1cc(C(=O)N2CCCC(C(=O)NCCN)C2)c(C)o1. The van der Waals surface area contributed by atoms with Crippen molar-refractivity contribution in [1.82, 2.24) is 10.2 Å². The highest BCUT2D eigenvalue weighted by molar-refractivity contribution is 5.95. The summed E-state index contributed by atoms with van der Waals surface area (Å²) in [7, 11) is 0. The summed E-state index contributed by atoms with van der Waals surface area (Å²) < 4.78 is 5.41. The Bertz CT molecular complexity index is 524. The Hall–Kier alpha value is -1.82. The van der Waals surface area contributed by atoms with Crippen LogP contribution in [0.1, 0.15) is 34.7 Å². The molecule has 21 heavy (non-hydrogen) atoms. The lowest BCUT2D eigenvalue weighted by atomic mass is 9.96. The number of carbonyl (C=O) groups excluding carboxylic acids is 2. The van der Waals surface area contributed by atoms with Gasteiger partial charge in [0.15, 0.2) is 0 Å². The largest absolute Gasteiger partial charge is 0.466 e. The van der Waals surface area contributed by atoms with Gasteiger partial charge in [-0.1, -0.05) is 0 Å². The number of hydrogen-bond acceptors (Lipinski definition) is 4. The Morgan fingerprint density at radius 3 is 2.86 bits per heavy atom. The molecule has 0 bridgehead atoms. The number of amides is 2. The maximum absolute atomic E-state index is 12.5. The summed E-state index contributed by atoms with van der Waals surface area (Å²) in [5.74, 6) is 1.14. The quantitative estimate of drug-likeness (QED) is 0.860. The fourth-order valence-electron chi connectivity index (χ4n) is 2.73. The zero-order chi connectivity index (χ0) is 15.4. The monoisotopic (exact) mass is 293 g/mol. The Morgan fingerprint density at radius 1 is 1.48 bits per heavy atom. The molecule has 3 N–H and O–H groups in total. The summed E-state index contributed by atoms with van der Waals surface area (Å²) >= 11 is 0. The molecular weight excluding hydrogens is 270 g/mol. The Labute approximate surface area is 124 Å². The molecule has 2 amide bonds. The second kappa shape index (κ2) is 6.76. The number of likely N-dealkylation sites (tertiary alicyclic amines) is 1. The minimum Gasteiger partial charge on any atom is -0.466 e. The zero-order valence-corrected chi connectivity index (χ0v) is 12.6. The van der Waals surface area contributed by atoms with Crippen molar-refractivity contribution in [3.05, 3.63) is 23.2 Å². The number of nitrogens with zero attached hydrogens (tertiary/aromatic N) is 1. The molecule has 1 unspecified atom stereocenters. The van der Waals surface area contributed by atoms with E-state index in [1.807, 2.05) is 6.92 Å². The first-order valence-electron chi connectivity index (χ1n) is 7.37. The molecule has 2 rings (SSSR count). The number of nitrogens with one attached hydrogen (secondary N) is 1. The van der Waals surface area contributed by atoms with E-state index < -0.39 is 0 Å². The second-order valence-corrected chi connectivity index (χ2v) is 5.50. The van der Waals surface area contributed by atoms with Crippen LogP contribution in [-0.2, 0) is 4.79 Å². The fraction of sp³-hybridized carbons (Fsp3) is 0.600. The third-order valence-corrected chi connectivity index (χ3v) is 3.79. The molecule has 1 aromatic rings. The molecule has 0 saturated carbocycles. The van der Waals surface area contributed by atoms with Gasteiger partial charge in [0.05, 0.1) is 11.5 Å². The minimum absolute atomic E-state index is 0.0157. The predicted octanol–water partition coefficient (Wildman–Crippen LogP) is 0.824. The van der Waals surface area contributed by atoms with Crippen LogP contribution in [0.2, 0.25) is 0 Å². The van der Waals surface area contributed by atoms with Gasteiger partial charge in [-0.25, -0.2) is 0 Å². The summed E-state index contributed by atoms with van der Waals surface area (Å²) in [5, 5.41) is 2.80. The maximum atomic E-state index is 12.5. The van der Waals surface area contributed by atoms with Gasteiger partial charge in [0.1, 0.15) is 11.5 Å². The number of hydrogen-bond donors (Lipinski definition) is 2. The highest BCUT2D eigenvalue weighted by Gasteiger charge is 2.30. The lowest BCUT2D eigenvalue weighted by Gasteiger charge is -2.32. The van der Waals surface area contributed by atoms with E-state index in [9.17, 15) is 9.59 Å². The molecule has 2 heterocycles. The van der Waals surface area contributed by atoms with E-state index in [0.29, 0.717) is 37.5 Å². The maximum Gasteiger partial charge on any atom is 0.257 e. The van der Waals surface area contributed by atoms with Gasteiger partial charge in [0.25, 0.3) is 5.91 Å². The van der Waals surface area contributed by atoms with Crippen LogP contribution in [0.5, 0.6) is 0 Å². The van der Waals surface area contributed by atoms with Gasteiger partial charge < -0.3 is 20.4 Å². The molecule has 1 aromatic heterocycles. The lowest BCUT2D eigenvalue weighted by molar-refractivity contribution is -0.126. The summed E-state index contributed by atoms with van der Waals surface area (Å²) in [5.41, 5.74) is 5.98. The predicted molar refractivity (Wildman–Crippen MR) is 78.9 cm³/mol. The van der Waals surface area contributed by atoms with Crippen LogP contribution >= 0.6 is 0 Å². The fourth-order valence-corrected chi connectivity index (χ4v) is 2.73. The zero-order valence-electron chi connectivity index (χ0n) is 12.6. The van der Waals surface area contributed by atoms with Gasteiger partial charge in [-0.15, -0.1) is 0 Å². The first-order valence-corrected chi connectivity index (χ1v) is 7.37. The van der Waals surface area contributed by atoms with Crippen LogP contribution < -0.4 is 11.1 Å². The molecular formula is C15H23N3O3. The summed E-state index contributed by atoms with van der Waals surface area (Å²) in [6, 6.07) is 1.76. The number of nitrogens with two attached hydrogens (primary N) is 1. The Balaban J connectivity index is 2.02. The topological polar surface area (TPSA) is 88.6 Å². The van der Waals surface area contributed by atoms with Crippen LogP contribution in [0.4, 0.5) is 0 Å². The summed E-state index contributed by atoms with van der Waals surface area (Å²) in [6.45, 7) is 5.65. The Morgan fingerprint density at radius 2 is 2.24 bits per heavy atom.